The van der Waals surface area contributed by atoms with Gasteiger partial charge in [-0.2, -0.15) is 0 Å². The molecule has 0 radical (unpaired) electrons. The predicted octanol–water partition coefficient (Wildman–Crippen LogP) is 2.41. The highest BCUT2D eigenvalue weighted by Gasteiger charge is 2.25. The highest BCUT2D eigenvalue weighted by molar-refractivity contribution is 5.92. The van der Waals surface area contributed by atoms with Crippen LogP contribution in [0.1, 0.15) is 48.9 Å². The lowest BCUT2D eigenvalue weighted by atomic mass is 10.2. The van der Waals surface area contributed by atoms with E-state index < -0.39 is 5.97 Å². The zero-order valence-electron chi connectivity index (χ0n) is 11.9. The largest absolute Gasteiger partial charge is 0.467 e. The molecule has 0 aliphatic heterocycles. The van der Waals surface area contributed by atoms with Crippen LogP contribution in [-0.4, -0.2) is 22.1 Å². The third-order valence-corrected chi connectivity index (χ3v) is 3.15. The van der Waals surface area contributed by atoms with E-state index in [0.717, 1.165) is 11.6 Å². The van der Waals surface area contributed by atoms with Crippen molar-refractivity contribution in [2.45, 2.75) is 33.2 Å². The molecule has 0 bridgehead atoms. The number of esters is 1. The van der Waals surface area contributed by atoms with Gasteiger partial charge >= 0.3 is 5.97 Å². The minimum absolute atomic E-state index is 0.129. The number of nitrogens with two attached hydrogens (primary N) is 1. The topological polar surface area (TPSA) is 83.3 Å². The van der Waals surface area contributed by atoms with Gasteiger partial charge in [-0.15, -0.1) is 0 Å². The predicted molar refractivity (Wildman–Crippen MR) is 74.5 cm³/mol. The molecule has 0 fully saturated rings. The summed E-state index contributed by atoms with van der Waals surface area (Å²) in [6.45, 7) is 5.95. The fourth-order valence-corrected chi connectivity index (χ4v) is 2.18. The average molecular weight is 277 g/mol. The number of nitrogen functional groups attached to an aromatic ring is 1. The van der Waals surface area contributed by atoms with Crippen molar-refractivity contribution in [1.29, 1.82) is 0 Å². The molecule has 0 spiro atoms. The van der Waals surface area contributed by atoms with Crippen molar-refractivity contribution in [3.05, 3.63) is 35.7 Å². The maximum Gasteiger partial charge on any atom is 0.360 e. The van der Waals surface area contributed by atoms with Crippen molar-refractivity contribution in [1.82, 2.24) is 9.55 Å². The molecule has 2 aromatic rings. The van der Waals surface area contributed by atoms with E-state index >= 15 is 0 Å². The second kappa shape index (κ2) is 5.81. The number of carbonyl (C=O) groups is 1. The van der Waals surface area contributed by atoms with Crippen LogP contribution < -0.4 is 5.73 Å². The highest BCUT2D eigenvalue weighted by Crippen LogP contribution is 2.26. The Morgan fingerprint density at radius 2 is 2.30 bits per heavy atom. The molecular weight excluding hydrogens is 258 g/mol. The maximum atomic E-state index is 11.9. The van der Waals surface area contributed by atoms with Crippen LogP contribution in [0.3, 0.4) is 0 Å². The summed E-state index contributed by atoms with van der Waals surface area (Å²) in [5.41, 5.74) is 6.24. The van der Waals surface area contributed by atoms with Crippen LogP contribution in [0.25, 0.3) is 0 Å². The van der Waals surface area contributed by atoms with E-state index in [-0.39, 0.29) is 11.7 Å². The second-order valence-electron chi connectivity index (χ2n) is 4.40. The van der Waals surface area contributed by atoms with Crippen LogP contribution in [0.4, 0.5) is 5.82 Å². The third-order valence-electron chi connectivity index (χ3n) is 3.15. The molecule has 2 N–H and O–H groups in total. The Bertz CT molecular complexity index is 587. The van der Waals surface area contributed by atoms with Crippen LogP contribution >= 0.6 is 0 Å². The number of anilines is 1. The van der Waals surface area contributed by atoms with E-state index in [9.17, 15) is 4.79 Å². The van der Waals surface area contributed by atoms with Gasteiger partial charge < -0.3 is 19.5 Å². The fourth-order valence-electron chi connectivity index (χ4n) is 2.18. The zero-order chi connectivity index (χ0) is 14.7. The number of nitrogens with zero attached hydrogens (tertiary/aromatic N) is 2. The minimum Gasteiger partial charge on any atom is -0.467 e. The Kier molecular flexibility index (Phi) is 4.12. The van der Waals surface area contributed by atoms with Crippen molar-refractivity contribution in [3.8, 4) is 0 Å². The van der Waals surface area contributed by atoms with E-state index in [2.05, 4.69) is 4.98 Å². The average Bonchev–Trinajstić information content (AvgIpc) is 3.05. The summed E-state index contributed by atoms with van der Waals surface area (Å²) in [5, 5.41) is 0. The van der Waals surface area contributed by atoms with E-state index in [1.807, 2.05) is 30.5 Å². The summed E-state index contributed by atoms with van der Waals surface area (Å²) in [6, 6.07) is 3.56. The van der Waals surface area contributed by atoms with Crippen molar-refractivity contribution in [2.75, 3.05) is 12.3 Å². The maximum absolute atomic E-state index is 11.9. The molecule has 1 unspecified atom stereocenters. The first kappa shape index (κ1) is 14.2. The van der Waals surface area contributed by atoms with Crippen molar-refractivity contribution in [3.63, 3.8) is 0 Å². The van der Waals surface area contributed by atoms with Crippen LogP contribution in [0.5, 0.6) is 0 Å². The molecule has 0 aliphatic carbocycles. The number of hydrogen-bond donors (Lipinski definition) is 1. The molecule has 2 heterocycles. The van der Waals surface area contributed by atoms with E-state index in [4.69, 9.17) is 14.9 Å². The molecule has 1 atom stereocenters. The van der Waals surface area contributed by atoms with Crippen LogP contribution in [-0.2, 0) is 11.2 Å². The molecule has 20 heavy (non-hydrogen) atoms. The summed E-state index contributed by atoms with van der Waals surface area (Å²) in [7, 11) is 0. The van der Waals surface area contributed by atoms with Gasteiger partial charge in [-0.3, -0.25) is 0 Å². The summed E-state index contributed by atoms with van der Waals surface area (Å²) in [4.78, 5) is 16.2. The fraction of sp³-hybridized carbons (Fsp3) is 0.429. The summed E-state index contributed by atoms with van der Waals surface area (Å²) in [6.07, 6.45) is 2.27. The summed E-state index contributed by atoms with van der Waals surface area (Å²) < 4.78 is 12.2. The van der Waals surface area contributed by atoms with Gasteiger partial charge in [0.1, 0.15) is 17.4 Å². The van der Waals surface area contributed by atoms with Gasteiger partial charge in [0.05, 0.1) is 18.9 Å². The first-order chi connectivity index (χ1) is 9.60. The zero-order valence-corrected chi connectivity index (χ0v) is 11.9. The number of carbonyl (C=O) groups excluding carboxylic acids is 1. The molecule has 0 aromatic carbocycles. The Morgan fingerprint density at radius 3 is 2.85 bits per heavy atom. The number of hydrogen-bond acceptors (Lipinski definition) is 5. The van der Waals surface area contributed by atoms with E-state index in [0.29, 0.717) is 18.8 Å². The molecular formula is C14H19N3O3. The third kappa shape index (κ3) is 2.41. The lowest BCUT2D eigenvalue weighted by molar-refractivity contribution is 0.0521. The second-order valence-corrected chi connectivity index (χ2v) is 4.40. The SMILES string of the molecule is CCOC(=O)c1nc(CC)n(C(C)c2ccco2)c1N. The summed E-state index contributed by atoms with van der Waals surface area (Å²) in [5.74, 6) is 1.31. The highest BCUT2D eigenvalue weighted by atomic mass is 16.5. The molecule has 6 heteroatoms. The van der Waals surface area contributed by atoms with Crippen molar-refractivity contribution < 1.29 is 13.9 Å². The Morgan fingerprint density at radius 1 is 1.55 bits per heavy atom. The number of rotatable bonds is 5. The van der Waals surface area contributed by atoms with Gasteiger partial charge in [0.15, 0.2) is 5.69 Å². The monoisotopic (exact) mass is 277 g/mol. The van der Waals surface area contributed by atoms with Crippen LogP contribution in [0.2, 0.25) is 0 Å². The summed E-state index contributed by atoms with van der Waals surface area (Å²) >= 11 is 0. The quantitative estimate of drug-likeness (QED) is 0.848. The van der Waals surface area contributed by atoms with Crippen LogP contribution in [0, 0.1) is 0 Å². The molecule has 0 saturated heterocycles. The molecule has 6 nitrogen and oxygen atoms in total. The molecule has 0 amide bonds. The number of furan rings is 1. The molecule has 2 rings (SSSR count). The molecule has 2 aromatic heterocycles. The van der Waals surface area contributed by atoms with Crippen LogP contribution in [0.15, 0.2) is 22.8 Å². The molecule has 0 aliphatic rings. The van der Waals surface area contributed by atoms with Gasteiger partial charge in [0.2, 0.25) is 0 Å². The van der Waals surface area contributed by atoms with Gasteiger partial charge in [0.25, 0.3) is 0 Å². The molecule has 108 valence electrons. The standard InChI is InChI=1S/C14H19N3O3/c1-4-11-16-12(14(18)19-5-2)13(15)17(11)9(3)10-7-6-8-20-10/h6-9H,4-5,15H2,1-3H3. The molecule has 0 saturated carbocycles. The van der Waals surface area contributed by atoms with Crippen molar-refractivity contribution in [2.24, 2.45) is 0 Å². The normalized spacial score (nSPS) is 12.3. The van der Waals surface area contributed by atoms with Crippen molar-refractivity contribution >= 4 is 11.8 Å². The van der Waals surface area contributed by atoms with Gasteiger partial charge in [-0.05, 0) is 26.0 Å². The van der Waals surface area contributed by atoms with Gasteiger partial charge in [0, 0.05) is 6.42 Å². The first-order valence-corrected chi connectivity index (χ1v) is 6.67. The number of aromatic nitrogens is 2. The lowest BCUT2D eigenvalue weighted by Gasteiger charge is -2.15. The minimum atomic E-state index is -0.495. The first-order valence-electron chi connectivity index (χ1n) is 6.67. The van der Waals surface area contributed by atoms with Gasteiger partial charge in [-0.25, -0.2) is 9.78 Å². The van der Waals surface area contributed by atoms with Gasteiger partial charge in [-0.1, -0.05) is 6.92 Å². The number of ether oxygens (including phenoxy) is 1. The lowest BCUT2D eigenvalue weighted by Crippen LogP contribution is -2.14. The Balaban J connectivity index is 2.44. The smallest absolute Gasteiger partial charge is 0.360 e. The number of aryl methyl sites for hydroxylation is 1. The Hall–Kier alpha value is -2.24. The van der Waals surface area contributed by atoms with E-state index in [1.165, 1.54) is 0 Å². The van der Waals surface area contributed by atoms with E-state index in [1.54, 1.807) is 13.2 Å². The Labute approximate surface area is 117 Å². The number of imidazole rings is 1.